The van der Waals surface area contributed by atoms with Crippen LogP contribution in [0.25, 0.3) is 11.5 Å². The highest BCUT2D eigenvalue weighted by molar-refractivity contribution is 6.33. The lowest BCUT2D eigenvalue weighted by atomic mass is 10.2. The van der Waals surface area contributed by atoms with Crippen LogP contribution in [0.2, 0.25) is 5.02 Å². The van der Waals surface area contributed by atoms with E-state index >= 15 is 0 Å². The van der Waals surface area contributed by atoms with E-state index in [1.54, 1.807) is 29.2 Å². The number of carbonyl (C=O) groups is 1. The fourth-order valence-electron chi connectivity index (χ4n) is 2.80. The van der Waals surface area contributed by atoms with Crippen molar-refractivity contribution in [3.8, 4) is 11.5 Å². The maximum Gasteiger partial charge on any atom is 0.249 e. The van der Waals surface area contributed by atoms with Gasteiger partial charge < -0.3 is 9.73 Å². The Hall–Kier alpha value is -2.91. The topological polar surface area (TPSA) is 71.3 Å². The summed E-state index contributed by atoms with van der Waals surface area (Å²) >= 11 is 6.13. The molecule has 0 bridgehead atoms. The third kappa shape index (κ3) is 5.17. The van der Waals surface area contributed by atoms with Crippen LogP contribution in [0.5, 0.6) is 0 Å². The van der Waals surface area contributed by atoms with Crippen molar-refractivity contribution in [1.29, 1.82) is 0 Å². The van der Waals surface area contributed by atoms with E-state index < -0.39 is 29.0 Å². The first-order valence-electron chi connectivity index (χ1n) is 9.12. The molecule has 0 radical (unpaired) electrons. The van der Waals surface area contributed by atoms with Gasteiger partial charge in [0.15, 0.2) is 17.5 Å². The van der Waals surface area contributed by atoms with Gasteiger partial charge in [-0.15, -0.1) is 10.2 Å². The van der Waals surface area contributed by atoms with E-state index in [2.05, 4.69) is 15.5 Å². The molecule has 158 valence electrons. The molecule has 0 unspecified atom stereocenters. The van der Waals surface area contributed by atoms with Gasteiger partial charge in [-0.3, -0.25) is 9.69 Å². The van der Waals surface area contributed by atoms with E-state index in [9.17, 15) is 18.0 Å². The Balaban J connectivity index is 1.67. The lowest BCUT2D eigenvalue weighted by molar-refractivity contribution is -0.117. The van der Waals surface area contributed by atoms with Crippen LogP contribution < -0.4 is 5.32 Å². The minimum atomic E-state index is -1.64. The molecule has 0 atom stereocenters. The highest BCUT2D eigenvalue weighted by Gasteiger charge is 2.19. The average Bonchev–Trinajstić information content (AvgIpc) is 3.17. The molecule has 0 saturated heterocycles. The molecule has 1 amide bonds. The Labute approximate surface area is 175 Å². The summed E-state index contributed by atoms with van der Waals surface area (Å²) in [7, 11) is 0. The van der Waals surface area contributed by atoms with Crippen LogP contribution in [-0.4, -0.2) is 34.1 Å². The van der Waals surface area contributed by atoms with Crippen molar-refractivity contribution < 1.29 is 22.4 Å². The maximum absolute atomic E-state index is 13.8. The molecule has 0 fully saturated rings. The Bertz CT molecular complexity index is 1040. The summed E-state index contributed by atoms with van der Waals surface area (Å²) in [5.74, 6) is -4.50. The molecular weight excluding hydrogens is 421 g/mol. The summed E-state index contributed by atoms with van der Waals surface area (Å²) in [5, 5.41) is 10.7. The lowest BCUT2D eigenvalue weighted by Crippen LogP contribution is -2.33. The van der Waals surface area contributed by atoms with Crippen molar-refractivity contribution in [3.05, 3.63) is 64.8 Å². The lowest BCUT2D eigenvalue weighted by Gasteiger charge is -2.19. The van der Waals surface area contributed by atoms with E-state index in [4.69, 9.17) is 16.0 Å². The van der Waals surface area contributed by atoms with E-state index in [1.807, 2.05) is 6.92 Å². The summed E-state index contributed by atoms with van der Waals surface area (Å²) in [6, 6.07) is 8.71. The van der Waals surface area contributed by atoms with Crippen LogP contribution in [-0.2, 0) is 11.3 Å². The molecule has 1 N–H and O–H groups in total. The Morgan fingerprint density at radius 2 is 1.90 bits per heavy atom. The van der Waals surface area contributed by atoms with Gasteiger partial charge in [0.2, 0.25) is 17.7 Å². The molecule has 0 spiro atoms. The molecule has 2 aromatic carbocycles. The molecular formula is C20H18ClF3N4O2. The zero-order valence-corrected chi connectivity index (χ0v) is 16.7. The number of carbonyl (C=O) groups excluding carboxylic acids is 1. The fraction of sp³-hybridized carbons (Fsp3) is 0.250. The number of nitrogens with zero attached hydrogens (tertiary/aromatic N) is 3. The second-order valence-corrected chi connectivity index (χ2v) is 6.87. The predicted molar refractivity (Wildman–Crippen MR) is 105 cm³/mol. The number of nitrogens with one attached hydrogen (secondary N) is 1. The number of anilines is 1. The van der Waals surface area contributed by atoms with E-state index in [0.717, 1.165) is 18.6 Å². The standard InChI is InChI=1S/C20H18ClF3N4O2/c1-2-9-28(10-16(29)25-15-8-7-14(22)18(23)19(15)24)11-17-26-27-20(30-17)12-5-3-4-6-13(12)21/h3-8H,2,9-11H2,1H3,(H,25,29). The minimum absolute atomic E-state index is 0.143. The Morgan fingerprint density at radius 3 is 2.63 bits per heavy atom. The van der Waals surface area contributed by atoms with Crippen LogP contribution in [0.3, 0.4) is 0 Å². The molecule has 0 aliphatic heterocycles. The average molecular weight is 439 g/mol. The van der Waals surface area contributed by atoms with Crippen LogP contribution in [0.4, 0.5) is 18.9 Å². The first kappa shape index (κ1) is 21.8. The van der Waals surface area contributed by atoms with Crippen molar-refractivity contribution in [3.63, 3.8) is 0 Å². The Kier molecular flexibility index (Phi) is 7.07. The van der Waals surface area contributed by atoms with Crippen LogP contribution in [0.1, 0.15) is 19.2 Å². The summed E-state index contributed by atoms with van der Waals surface area (Å²) < 4.78 is 45.8. The third-order valence-corrected chi connectivity index (χ3v) is 4.48. The van der Waals surface area contributed by atoms with E-state index in [-0.39, 0.29) is 24.9 Å². The van der Waals surface area contributed by atoms with Gasteiger partial charge in [-0.2, -0.15) is 0 Å². The van der Waals surface area contributed by atoms with Gasteiger partial charge >= 0.3 is 0 Å². The first-order valence-corrected chi connectivity index (χ1v) is 9.49. The number of hydrogen-bond donors (Lipinski definition) is 1. The number of aromatic nitrogens is 2. The molecule has 3 aromatic rings. The Morgan fingerprint density at radius 1 is 1.13 bits per heavy atom. The van der Waals surface area contributed by atoms with Crippen molar-refractivity contribution >= 4 is 23.2 Å². The van der Waals surface area contributed by atoms with Crippen molar-refractivity contribution in [2.45, 2.75) is 19.9 Å². The summed E-state index contributed by atoms with van der Waals surface area (Å²) in [6.45, 7) is 2.45. The molecule has 10 heteroatoms. The smallest absolute Gasteiger partial charge is 0.249 e. The molecule has 0 aliphatic carbocycles. The molecule has 3 rings (SSSR count). The zero-order valence-electron chi connectivity index (χ0n) is 16.0. The van der Waals surface area contributed by atoms with Crippen LogP contribution in [0.15, 0.2) is 40.8 Å². The number of amides is 1. The fourth-order valence-corrected chi connectivity index (χ4v) is 3.01. The highest BCUT2D eigenvalue weighted by atomic mass is 35.5. The first-order chi connectivity index (χ1) is 14.4. The maximum atomic E-state index is 13.8. The largest absolute Gasteiger partial charge is 0.419 e. The van der Waals surface area contributed by atoms with Gasteiger partial charge in [0.25, 0.3) is 0 Å². The number of halogens is 4. The normalized spacial score (nSPS) is 11.1. The number of hydrogen-bond acceptors (Lipinski definition) is 5. The molecule has 0 saturated carbocycles. The van der Waals surface area contributed by atoms with Gasteiger partial charge in [-0.1, -0.05) is 30.7 Å². The number of rotatable bonds is 8. The highest BCUT2D eigenvalue weighted by Crippen LogP contribution is 2.26. The second kappa shape index (κ2) is 9.73. The number of benzene rings is 2. The summed E-state index contributed by atoms with van der Waals surface area (Å²) in [5.41, 5.74) is 0.153. The van der Waals surface area contributed by atoms with Gasteiger partial charge in [-0.25, -0.2) is 13.2 Å². The zero-order chi connectivity index (χ0) is 21.7. The quantitative estimate of drug-likeness (QED) is 0.518. The summed E-state index contributed by atoms with van der Waals surface area (Å²) in [6.07, 6.45) is 0.721. The van der Waals surface area contributed by atoms with Crippen molar-refractivity contribution in [2.24, 2.45) is 0 Å². The second-order valence-electron chi connectivity index (χ2n) is 6.46. The summed E-state index contributed by atoms with van der Waals surface area (Å²) in [4.78, 5) is 14.0. The third-order valence-electron chi connectivity index (χ3n) is 4.15. The predicted octanol–water partition coefficient (Wildman–Crippen LogP) is 4.66. The molecule has 6 nitrogen and oxygen atoms in total. The van der Waals surface area contributed by atoms with Crippen LogP contribution >= 0.6 is 11.6 Å². The van der Waals surface area contributed by atoms with Gasteiger partial charge in [0, 0.05) is 0 Å². The minimum Gasteiger partial charge on any atom is -0.419 e. The van der Waals surface area contributed by atoms with E-state index in [0.29, 0.717) is 17.1 Å². The van der Waals surface area contributed by atoms with Gasteiger partial charge in [-0.05, 0) is 37.2 Å². The van der Waals surface area contributed by atoms with Crippen LogP contribution in [0, 0.1) is 17.5 Å². The molecule has 0 aliphatic rings. The van der Waals surface area contributed by atoms with E-state index in [1.165, 1.54) is 0 Å². The molecule has 30 heavy (non-hydrogen) atoms. The van der Waals surface area contributed by atoms with Crippen molar-refractivity contribution in [1.82, 2.24) is 15.1 Å². The monoisotopic (exact) mass is 438 g/mol. The SMILES string of the molecule is CCCN(CC(=O)Nc1ccc(F)c(F)c1F)Cc1nnc(-c2ccccc2Cl)o1. The molecule has 1 heterocycles. The van der Waals surface area contributed by atoms with Gasteiger partial charge in [0.05, 0.1) is 29.4 Å². The van der Waals surface area contributed by atoms with Crippen molar-refractivity contribution in [2.75, 3.05) is 18.4 Å². The molecule has 1 aromatic heterocycles. The van der Waals surface area contributed by atoms with Gasteiger partial charge in [0.1, 0.15) is 0 Å².